The van der Waals surface area contributed by atoms with Gasteiger partial charge in [0.2, 0.25) is 0 Å². The Kier molecular flexibility index (Phi) is 5.11. The van der Waals surface area contributed by atoms with Gasteiger partial charge in [-0.1, -0.05) is 36.4 Å². The van der Waals surface area contributed by atoms with Crippen LogP contribution < -0.4 is 4.72 Å². The summed E-state index contributed by atoms with van der Waals surface area (Å²) in [6, 6.07) is 11.4. The summed E-state index contributed by atoms with van der Waals surface area (Å²) in [5, 5.41) is 1.67. The van der Waals surface area contributed by atoms with Crippen LogP contribution in [0.5, 0.6) is 0 Å². The van der Waals surface area contributed by atoms with E-state index in [0.29, 0.717) is 0 Å². The van der Waals surface area contributed by atoms with E-state index in [-0.39, 0.29) is 10.6 Å². The van der Waals surface area contributed by atoms with Crippen molar-refractivity contribution in [3.63, 3.8) is 0 Å². The minimum atomic E-state index is -3.72. The number of thiophene rings is 1. The SMILES string of the molecule is COC(=O)C(Cc1ccccc1)NS(=O)(=O)c1cccs1. The molecule has 112 valence electrons. The smallest absolute Gasteiger partial charge is 0.324 e. The second-order valence-corrected chi connectivity index (χ2v) is 7.21. The predicted molar refractivity (Wildman–Crippen MR) is 80.6 cm³/mol. The number of carbonyl (C=O) groups excluding carboxylic acids is 1. The van der Waals surface area contributed by atoms with Crippen molar-refractivity contribution in [2.24, 2.45) is 0 Å². The van der Waals surface area contributed by atoms with Crippen molar-refractivity contribution in [2.45, 2.75) is 16.7 Å². The zero-order valence-electron chi connectivity index (χ0n) is 11.4. The Morgan fingerprint density at radius 1 is 1.24 bits per heavy atom. The Labute approximate surface area is 127 Å². The summed E-state index contributed by atoms with van der Waals surface area (Å²) >= 11 is 1.09. The largest absolute Gasteiger partial charge is 0.468 e. The molecule has 0 aliphatic rings. The van der Waals surface area contributed by atoms with E-state index in [0.717, 1.165) is 16.9 Å². The van der Waals surface area contributed by atoms with Gasteiger partial charge in [0.1, 0.15) is 10.3 Å². The molecule has 0 saturated carbocycles. The molecule has 2 aromatic rings. The van der Waals surface area contributed by atoms with E-state index < -0.39 is 22.0 Å². The first-order valence-electron chi connectivity index (χ1n) is 6.20. The summed E-state index contributed by atoms with van der Waals surface area (Å²) in [5.41, 5.74) is 0.849. The van der Waals surface area contributed by atoms with E-state index in [2.05, 4.69) is 9.46 Å². The second-order valence-electron chi connectivity index (χ2n) is 4.32. The first kappa shape index (κ1) is 15.7. The highest BCUT2D eigenvalue weighted by Crippen LogP contribution is 2.17. The van der Waals surface area contributed by atoms with E-state index in [1.165, 1.54) is 13.2 Å². The molecular formula is C14H15NO4S2. The molecule has 7 heteroatoms. The lowest BCUT2D eigenvalue weighted by Crippen LogP contribution is -2.42. The second kappa shape index (κ2) is 6.84. The molecule has 1 aromatic heterocycles. The van der Waals surface area contributed by atoms with Crippen molar-refractivity contribution >= 4 is 27.3 Å². The maximum absolute atomic E-state index is 12.2. The highest BCUT2D eigenvalue weighted by Gasteiger charge is 2.27. The first-order valence-corrected chi connectivity index (χ1v) is 8.57. The number of benzene rings is 1. The number of nitrogens with one attached hydrogen (secondary N) is 1. The number of hydrogen-bond donors (Lipinski definition) is 1. The maximum atomic E-state index is 12.2. The van der Waals surface area contributed by atoms with Crippen LogP contribution in [0.4, 0.5) is 0 Å². The molecule has 0 bridgehead atoms. The molecule has 2 rings (SSSR count). The summed E-state index contributed by atoms with van der Waals surface area (Å²) in [7, 11) is -2.49. The molecule has 0 amide bonds. The Balaban J connectivity index is 2.20. The van der Waals surface area contributed by atoms with Crippen molar-refractivity contribution < 1.29 is 17.9 Å². The number of carbonyl (C=O) groups is 1. The highest BCUT2D eigenvalue weighted by atomic mass is 32.2. The summed E-state index contributed by atoms with van der Waals surface area (Å²) in [6.07, 6.45) is 0.234. The monoisotopic (exact) mass is 325 g/mol. The Morgan fingerprint density at radius 3 is 2.52 bits per heavy atom. The summed E-state index contributed by atoms with van der Waals surface area (Å²) in [6.45, 7) is 0. The fraction of sp³-hybridized carbons (Fsp3) is 0.214. The topological polar surface area (TPSA) is 72.5 Å². The summed E-state index contributed by atoms with van der Waals surface area (Å²) < 4.78 is 31.7. The van der Waals surface area contributed by atoms with Gasteiger partial charge in [-0.05, 0) is 23.4 Å². The zero-order valence-corrected chi connectivity index (χ0v) is 13.0. The number of sulfonamides is 1. The standard InChI is InChI=1S/C14H15NO4S2/c1-19-14(16)12(10-11-6-3-2-4-7-11)15-21(17,18)13-8-5-9-20-13/h2-9,12,15H,10H2,1H3. The van der Waals surface area contributed by atoms with Gasteiger partial charge in [0, 0.05) is 0 Å². The number of ether oxygens (including phenoxy) is 1. The van der Waals surface area contributed by atoms with Gasteiger partial charge < -0.3 is 4.74 Å². The number of esters is 1. The van der Waals surface area contributed by atoms with Gasteiger partial charge in [0.05, 0.1) is 7.11 Å². The number of hydrogen-bond acceptors (Lipinski definition) is 5. The molecule has 0 radical (unpaired) electrons. The maximum Gasteiger partial charge on any atom is 0.324 e. The van der Waals surface area contributed by atoms with Crippen LogP contribution >= 0.6 is 11.3 Å². The molecule has 0 spiro atoms. The van der Waals surface area contributed by atoms with E-state index >= 15 is 0 Å². The third-order valence-corrected chi connectivity index (χ3v) is 5.69. The van der Waals surface area contributed by atoms with Gasteiger partial charge in [0.25, 0.3) is 10.0 Å². The van der Waals surface area contributed by atoms with Gasteiger partial charge in [-0.2, -0.15) is 4.72 Å². The molecule has 5 nitrogen and oxygen atoms in total. The Bertz CT molecular complexity index is 681. The molecule has 0 aliphatic carbocycles. The average Bonchev–Trinajstić information content (AvgIpc) is 3.02. The van der Waals surface area contributed by atoms with Crippen LogP contribution in [0, 0.1) is 0 Å². The molecule has 1 N–H and O–H groups in total. The normalized spacial score (nSPS) is 12.8. The Hall–Kier alpha value is -1.70. The highest BCUT2D eigenvalue weighted by molar-refractivity contribution is 7.91. The van der Waals surface area contributed by atoms with Crippen LogP contribution in [0.1, 0.15) is 5.56 Å². The molecule has 21 heavy (non-hydrogen) atoms. The summed E-state index contributed by atoms with van der Waals surface area (Å²) in [5.74, 6) is -0.612. The van der Waals surface area contributed by atoms with Crippen LogP contribution in [-0.2, 0) is 26.0 Å². The van der Waals surface area contributed by atoms with Crippen LogP contribution in [-0.4, -0.2) is 27.5 Å². The van der Waals surface area contributed by atoms with Gasteiger partial charge in [-0.3, -0.25) is 4.79 Å². The zero-order chi connectivity index (χ0) is 15.3. The third kappa shape index (κ3) is 4.13. The summed E-state index contributed by atoms with van der Waals surface area (Å²) in [4.78, 5) is 11.8. The van der Waals surface area contributed by atoms with E-state index in [4.69, 9.17) is 0 Å². The van der Waals surface area contributed by atoms with Crippen molar-refractivity contribution in [3.05, 3.63) is 53.4 Å². The molecule has 0 aliphatic heterocycles. The molecule has 1 heterocycles. The lowest BCUT2D eigenvalue weighted by molar-refractivity contribution is -0.142. The minimum absolute atomic E-state index is 0.171. The Morgan fingerprint density at radius 2 is 1.95 bits per heavy atom. The quantitative estimate of drug-likeness (QED) is 0.822. The van der Waals surface area contributed by atoms with Crippen LogP contribution in [0.3, 0.4) is 0 Å². The van der Waals surface area contributed by atoms with Gasteiger partial charge >= 0.3 is 5.97 Å². The van der Waals surface area contributed by atoms with E-state index in [1.54, 1.807) is 11.4 Å². The van der Waals surface area contributed by atoms with Crippen molar-refractivity contribution in [2.75, 3.05) is 7.11 Å². The first-order chi connectivity index (χ1) is 10.0. The predicted octanol–water partition coefficient (Wildman–Crippen LogP) is 1.81. The molecular weight excluding hydrogens is 310 g/mol. The lowest BCUT2D eigenvalue weighted by atomic mass is 10.1. The van der Waals surface area contributed by atoms with E-state index in [9.17, 15) is 13.2 Å². The molecule has 0 fully saturated rings. The lowest BCUT2D eigenvalue weighted by Gasteiger charge is -2.16. The van der Waals surface area contributed by atoms with Gasteiger partial charge in [0.15, 0.2) is 0 Å². The van der Waals surface area contributed by atoms with Crippen molar-refractivity contribution in [1.29, 1.82) is 0 Å². The van der Waals surface area contributed by atoms with Crippen molar-refractivity contribution in [3.8, 4) is 0 Å². The van der Waals surface area contributed by atoms with E-state index in [1.807, 2.05) is 30.3 Å². The van der Waals surface area contributed by atoms with Crippen molar-refractivity contribution in [1.82, 2.24) is 4.72 Å². The molecule has 0 saturated heterocycles. The van der Waals surface area contributed by atoms with Gasteiger partial charge in [-0.15, -0.1) is 11.3 Å². The molecule has 1 unspecified atom stereocenters. The molecule has 1 aromatic carbocycles. The fourth-order valence-electron chi connectivity index (χ4n) is 1.83. The number of methoxy groups -OCH3 is 1. The average molecular weight is 325 g/mol. The van der Waals surface area contributed by atoms with Crippen LogP contribution in [0.15, 0.2) is 52.1 Å². The fourth-order valence-corrected chi connectivity index (χ4v) is 4.02. The third-order valence-electron chi connectivity index (χ3n) is 2.83. The van der Waals surface area contributed by atoms with Crippen LogP contribution in [0.2, 0.25) is 0 Å². The van der Waals surface area contributed by atoms with Crippen LogP contribution in [0.25, 0.3) is 0 Å². The number of rotatable bonds is 6. The molecule has 1 atom stereocenters. The van der Waals surface area contributed by atoms with Gasteiger partial charge in [-0.25, -0.2) is 8.42 Å². The minimum Gasteiger partial charge on any atom is -0.468 e.